The van der Waals surface area contributed by atoms with Crippen molar-refractivity contribution >= 4 is 23.6 Å². The number of phenols is 1. The minimum Gasteiger partial charge on any atom is -0.507 e. The molecular formula is C21H25N3O5. The fourth-order valence-corrected chi connectivity index (χ4v) is 2.37. The van der Waals surface area contributed by atoms with Crippen LogP contribution in [0.4, 0.5) is 10.5 Å². The van der Waals surface area contributed by atoms with Crippen molar-refractivity contribution in [3.63, 3.8) is 0 Å². The van der Waals surface area contributed by atoms with Gasteiger partial charge in [-0.1, -0.05) is 30.3 Å². The Morgan fingerprint density at radius 3 is 2.31 bits per heavy atom. The highest BCUT2D eigenvalue weighted by Gasteiger charge is 2.17. The Kier molecular flexibility index (Phi) is 7.19. The van der Waals surface area contributed by atoms with Crippen LogP contribution in [-0.2, 0) is 16.1 Å². The molecular weight excluding hydrogens is 374 g/mol. The molecule has 0 spiro atoms. The molecule has 0 aromatic heterocycles. The summed E-state index contributed by atoms with van der Waals surface area (Å²) in [5.41, 5.74) is 0.668. The monoisotopic (exact) mass is 399 g/mol. The first-order valence-corrected chi connectivity index (χ1v) is 9.06. The van der Waals surface area contributed by atoms with Gasteiger partial charge in [0.25, 0.3) is 5.91 Å². The third-order valence-corrected chi connectivity index (χ3v) is 3.68. The molecule has 0 unspecified atom stereocenters. The first-order valence-electron chi connectivity index (χ1n) is 9.06. The zero-order chi connectivity index (χ0) is 21.4. The van der Waals surface area contributed by atoms with Crippen LogP contribution in [0.1, 0.15) is 36.7 Å². The van der Waals surface area contributed by atoms with E-state index in [1.165, 1.54) is 12.1 Å². The molecule has 0 bridgehead atoms. The number of hydrogen-bond donors (Lipinski definition) is 4. The molecule has 2 aromatic carbocycles. The second-order valence-electron chi connectivity index (χ2n) is 7.26. The topological polar surface area (TPSA) is 117 Å². The number of ether oxygens (including phenoxy) is 1. The molecule has 0 aliphatic carbocycles. The summed E-state index contributed by atoms with van der Waals surface area (Å²) >= 11 is 0. The fourth-order valence-electron chi connectivity index (χ4n) is 2.37. The van der Waals surface area contributed by atoms with Crippen molar-refractivity contribution in [1.82, 2.24) is 10.6 Å². The number of aromatic hydroxyl groups is 1. The lowest BCUT2D eigenvalue weighted by Gasteiger charge is -2.19. The first-order chi connectivity index (χ1) is 13.7. The maximum atomic E-state index is 12.4. The van der Waals surface area contributed by atoms with Gasteiger partial charge >= 0.3 is 6.09 Å². The average Bonchev–Trinajstić information content (AvgIpc) is 2.64. The average molecular weight is 399 g/mol. The van der Waals surface area contributed by atoms with Gasteiger partial charge in [-0.2, -0.15) is 0 Å². The molecule has 154 valence electrons. The lowest BCUT2D eigenvalue weighted by atomic mass is 10.1. The Bertz CT molecular complexity index is 890. The number of anilines is 1. The largest absolute Gasteiger partial charge is 0.507 e. The van der Waals surface area contributed by atoms with Gasteiger partial charge in [-0.25, -0.2) is 4.79 Å². The highest BCUT2D eigenvalue weighted by atomic mass is 16.6. The zero-order valence-electron chi connectivity index (χ0n) is 16.6. The van der Waals surface area contributed by atoms with Crippen LogP contribution in [0.25, 0.3) is 0 Å². The number of benzene rings is 2. The quantitative estimate of drug-likeness (QED) is 0.596. The number of phenolic OH excluding ortho intramolecular Hbond substituents is 1. The first kappa shape index (κ1) is 21.7. The fraction of sp³-hybridized carbons (Fsp3) is 0.286. The van der Waals surface area contributed by atoms with Crippen LogP contribution in [0.15, 0.2) is 48.5 Å². The van der Waals surface area contributed by atoms with Crippen LogP contribution in [0.3, 0.4) is 0 Å². The van der Waals surface area contributed by atoms with Crippen LogP contribution in [-0.4, -0.2) is 35.2 Å². The molecule has 8 heteroatoms. The van der Waals surface area contributed by atoms with E-state index >= 15 is 0 Å². The van der Waals surface area contributed by atoms with Crippen molar-refractivity contribution in [2.24, 2.45) is 0 Å². The molecule has 0 fully saturated rings. The molecule has 0 aliphatic rings. The summed E-state index contributed by atoms with van der Waals surface area (Å²) in [4.78, 5) is 36.0. The second kappa shape index (κ2) is 9.59. The molecule has 0 aliphatic heterocycles. The highest BCUT2D eigenvalue weighted by molar-refractivity contribution is 6.06. The van der Waals surface area contributed by atoms with Crippen LogP contribution < -0.4 is 16.0 Å². The molecule has 2 aromatic rings. The molecule has 0 atom stereocenters. The summed E-state index contributed by atoms with van der Waals surface area (Å²) in [6.45, 7) is 5.10. The third-order valence-electron chi connectivity index (χ3n) is 3.68. The molecule has 0 saturated heterocycles. The zero-order valence-corrected chi connectivity index (χ0v) is 16.6. The number of alkyl carbamates (subject to hydrolysis) is 1. The third kappa shape index (κ3) is 7.17. The Hall–Kier alpha value is -3.55. The molecule has 8 nitrogen and oxygen atoms in total. The molecule has 0 saturated carbocycles. The van der Waals surface area contributed by atoms with E-state index in [0.717, 1.165) is 0 Å². The summed E-state index contributed by atoms with van der Waals surface area (Å²) in [6, 6.07) is 13.2. The van der Waals surface area contributed by atoms with Crippen LogP contribution in [0, 0.1) is 0 Å². The normalized spacial score (nSPS) is 10.7. The lowest BCUT2D eigenvalue weighted by Crippen LogP contribution is -2.39. The number of carbonyl (C=O) groups is 3. The van der Waals surface area contributed by atoms with Crippen molar-refractivity contribution in [3.8, 4) is 5.75 Å². The SMILES string of the molecule is CC(C)(C)OC(=O)NCC(=O)NCc1ccccc1NC(=O)c1ccccc1O. The Labute approximate surface area is 169 Å². The summed E-state index contributed by atoms with van der Waals surface area (Å²) in [6.07, 6.45) is -0.678. The van der Waals surface area contributed by atoms with Gasteiger partial charge < -0.3 is 25.8 Å². The van der Waals surface area contributed by atoms with Gasteiger partial charge in [0.05, 0.1) is 5.56 Å². The Balaban J connectivity index is 1.92. The van der Waals surface area contributed by atoms with Crippen molar-refractivity contribution < 1.29 is 24.2 Å². The van der Waals surface area contributed by atoms with Crippen LogP contribution >= 0.6 is 0 Å². The number of rotatable bonds is 6. The minimum atomic E-state index is -0.678. The summed E-state index contributed by atoms with van der Waals surface area (Å²) in [5.74, 6) is -0.991. The minimum absolute atomic E-state index is 0.121. The number of carbonyl (C=O) groups excluding carboxylic acids is 3. The van der Waals surface area contributed by atoms with Crippen molar-refractivity contribution in [1.29, 1.82) is 0 Å². The van der Waals surface area contributed by atoms with E-state index in [2.05, 4.69) is 16.0 Å². The van der Waals surface area contributed by atoms with Crippen LogP contribution in [0.5, 0.6) is 5.75 Å². The van der Waals surface area contributed by atoms with Gasteiger partial charge in [-0.3, -0.25) is 9.59 Å². The van der Waals surface area contributed by atoms with Crippen molar-refractivity contribution in [2.45, 2.75) is 32.9 Å². The predicted octanol–water partition coefficient (Wildman–Crippen LogP) is 2.79. The van der Waals surface area contributed by atoms with Gasteiger partial charge in [-0.05, 0) is 44.5 Å². The molecule has 29 heavy (non-hydrogen) atoms. The second-order valence-corrected chi connectivity index (χ2v) is 7.26. The van der Waals surface area contributed by atoms with E-state index in [0.29, 0.717) is 11.3 Å². The maximum Gasteiger partial charge on any atom is 0.408 e. The number of hydrogen-bond acceptors (Lipinski definition) is 5. The van der Waals surface area contributed by atoms with E-state index in [1.54, 1.807) is 57.2 Å². The number of nitrogens with one attached hydrogen (secondary N) is 3. The summed E-state index contributed by atoms with van der Waals surface area (Å²) in [5, 5.41) is 17.6. The molecule has 4 N–H and O–H groups in total. The molecule has 2 rings (SSSR count). The highest BCUT2D eigenvalue weighted by Crippen LogP contribution is 2.20. The molecule has 3 amide bonds. The van der Waals surface area contributed by atoms with Crippen LogP contribution in [0.2, 0.25) is 0 Å². The van der Waals surface area contributed by atoms with Crippen molar-refractivity contribution in [3.05, 3.63) is 59.7 Å². The number of para-hydroxylation sites is 2. The predicted molar refractivity (Wildman–Crippen MR) is 109 cm³/mol. The maximum absolute atomic E-state index is 12.4. The van der Waals surface area contributed by atoms with Gasteiger partial charge in [0.2, 0.25) is 5.91 Å². The number of amides is 3. The lowest BCUT2D eigenvalue weighted by molar-refractivity contribution is -0.120. The van der Waals surface area contributed by atoms with E-state index in [1.807, 2.05) is 0 Å². The Morgan fingerprint density at radius 2 is 1.62 bits per heavy atom. The summed E-state index contributed by atoms with van der Waals surface area (Å²) < 4.78 is 5.07. The Morgan fingerprint density at radius 1 is 0.966 bits per heavy atom. The van der Waals surface area contributed by atoms with E-state index < -0.39 is 23.5 Å². The van der Waals surface area contributed by atoms with Gasteiger partial charge in [0.1, 0.15) is 17.9 Å². The molecule has 0 heterocycles. The summed E-state index contributed by atoms with van der Waals surface area (Å²) in [7, 11) is 0. The standard InChI is InChI=1S/C21H25N3O5/c1-21(2,3)29-20(28)23-13-18(26)22-12-14-8-4-6-10-16(14)24-19(27)15-9-5-7-11-17(15)25/h4-11,25H,12-13H2,1-3H3,(H,22,26)(H,23,28)(H,24,27). The van der Waals surface area contributed by atoms with Gasteiger partial charge in [0.15, 0.2) is 0 Å². The van der Waals surface area contributed by atoms with Gasteiger partial charge in [0, 0.05) is 12.2 Å². The van der Waals surface area contributed by atoms with E-state index in [-0.39, 0.29) is 24.4 Å². The smallest absolute Gasteiger partial charge is 0.408 e. The van der Waals surface area contributed by atoms with Gasteiger partial charge in [-0.15, -0.1) is 0 Å². The molecule has 0 radical (unpaired) electrons. The van der Waals surface area contributed by atoms with E-state index in [9.17, 15) is 19.5 Å². The van der Waals surface area contributed by atoms with Crippen molar-refractivity contribution in [2.75, 3.05) is 11.9 Å². The van der Waals surface area contributed by atoms with E-state index in [4.69, 9.17) is 4.74 Å².